The van der Waals surface area contributed by atoms with Gasteiger partial charge >= 0.3 is 0 Å². The summed E-state index contributed by atoms with van der Waals surface area (Å²) in [5.74, 6) is 2.10. The Balaban J connectivity index is 1.72. The lowest BCUT2D eigenvalue weighted by molar-refractivity contribution is 0.311. The molecule has 0 aliphatic carbocycles. The Kier molecular flexibility index (Phi) is 3.61. The predicted molar refractivity (Wildman–Crippen MR) is 91.0 cm³/mol. The van der Waals surface area contributed by atoms with Crippen LogP contribution in [0.2, 0.25) is 0 Å². The van der Waals surface area contributed by atoms with Crippen molar-refractivity contribution in [1.29, 1.82) is 0 Å². The first kappa shape index (κ1) is 14.9. The van der Waals surface area contributed by atoms with Crippen LogP contribution in [0.25, 0.3) is 17.0 Å². The van der Waals surface area contributed by atoms with E-state index in [1.807, 2.05) is 32.3 Å². The van der Waals surface area contributed by atoms with Crippen molar-refractivity contribution in [2.75, 3.05) is 38.1 Å². The predicted octanol–water partition coefficient (Wildman–Crippen LogP) is 0.950. The van der Waals surface area contributed by atoms with Gasteiger partial charge in [-0.1, -0.05) is 0 Å². The zero-order valence-corrected chi connectivity index (χ0v) is 14.1. The van der Waals surface area contributed by atoms with Crippen molar-refractivity contribution in [3.05, 3.63) is 30.0 Å². The number of piperazine rings is 1. The lowest BCUT2D eigenvalue weighted by atomic mass is 10.2. The molecule has 0 unspecified atom stereocenters. The molecule has 0 atom stereocenters. The van der Waals surface area contributed by atoms with Crippen molar-refractivity contribution in [3.8, 4) is 11.3 Å². The van der Waals surface area contributed by atoms with Gasteiger partial charge in [-0.2, -0.15) is 10.1 Å². The Labute approximate surface area is 140 Å². The first-order valence-corrected chi connectivity index (χ1v) is 8.08. The van der Waals surface area contributed by atoms with Crippen molar-refractivity contribution in [2.24, 2.45) is 0 Å². The largest absolute Gasteiger partial charge is 0.338 e. The highest BCUT2D eigenvalue weighted by Gasteiger charge is 2.18. The molecule has 0 amide bonds. The molecule has 24 heavy (non-hydrogen) atoms. The number of fused-ring (bicyclic) bond motifs is 1. The monoisotopic (exact) mass is 324 g/mol. The number of hydrogen-bond donors (Lipinski definition) is 0. The minimum atomic E-state index is 0.613. The molecule has 4 heterocycles. The van der Waals surface area contributed by atoms with Gasteiger partial charge in [0.15, 0.2) is 0 Å². The minimum absolute atomic E-state index is 0.613. The van der Waals surface area contributed by atoms with E-state index in [-0.39, 0.29) is 0 Å². The first-order chi connectivity index (χ1) is 11.6. The van der Waals surface area contributed by atoms with E-state index < -0.39 is 0 Å². The standard InChI is InChI=1S/C16H20N8/c1-11-13(10-18-16-19-12(2)21-24(11)16)14-4-5-17-15(20-14)23-8-6-22(3)7-9-23/h4-5,10H,6-9H2,1-3H3. The zero-order valence-electron chi connectivity index (χ0n) is 14.1. The summed E-state index contributed by atoms with van der Waals surface area (Å²) >= 11 is 0. The summed E-state index contributed by atoms with van der Waals surface area (Å²) in [7, 11) is 2.14. The third-order valence-electron chi connectivity index (χ3n) is 4.42. The lowest BCUT2D eigenvalue weighted by Crippen LogP contribution is -2.45. The summed E-state index contributed by atoms with van der Waals surface area (Å²) in [6.07, 6.45) is 3.63. The van der Waals surface area contributed by atoms with Crippen molar-refractivity contribution in [3.63, 3.8) is 0 Å². The highest BCUT2D eigenvalue weighted by atomic mass is 15.3. The fraction of sp³-hybridized carbons (Fsp3) is 0.438. The van der Waals surface area contributed by atoms with E-state index in [2.05, 4.69) is 36.9 Å². The molecule has 0 bridgehead atoms. The van der Waals surface area contributed by atoms with Crippen LogP contribution in [0.1, 0.15) is 11.5 Å². The number of hydrogen-bond acceptors (Lipinski definition) is 7. The maximum absolute atomic E-state index is 4.76. The second kappa shape index (κ2) is 5.79. The van der Waals surface area contributed by atoms with Gasteiger partial charge in [-0.25, -0.2) is 19.5 Å². The fourth-order valence-electron chi connectivity index (χ4n) is 2.95. The SMILES string of the molecule is Cc1nc2ncc(-c3ccnc(N4CCN(C)CC4)n3)c(C)n2n1. The molecular weight excluding hydrogens is 304 g/mol. The quantitative estimate of drug-likeness (QED) is 0.694. The van der Waals surface area contributed by atoms with E-state index in [0.717, 1.165) is 49.1 Å². The molecular formula is C16H20N8. The molecule has 1 aliphatic rings. The molecule has 4 rings (SSSR count). The van der Waals surface area contributed by atoms with Crippen LogP contribution in [0.4, 0.5) is 5.95 Å². The Morgan fingerprint density at radius 2 is 1.79 bits per heavy atom. The normalized spacial score (nSPS) is 16.0. The molecule has 1 fully saturated rings. The number of aromatic nitrogens is 6. The maximum atomic E-state index is 4.76. The van der Waals surface area contributed by atoms with Crippen LogP contribution < -0.4 is 4.90 Å². The molecule has 0 spiro atoms. The van der Waals surface area contributed by atoms with Crippen molar-refractivity contribution in [1.82, 2.24) is 34.4 Å². The van der Waals surface area contributed by atoms with Crippen LogP contribution in [0.15, 0.2) is 18.5 Å². The fourth-order valence-corrected chi connectivity index (χ4v) is 2.95. The first-order valence-electron chi connectivity index (χ1n) is 8.08. The van der Waals surface area contributed by atoms with Gasteiger partial charge in [0.25, 0.3) is 5.78 Å². The average molecular weight is 324 g/mol. The van der Waals surface area contributed by atoms with Crippen LogP contribution in [0.5, 0.6) is 0 Å². The summed E-state index contributed by atoms with van der Waals surface area (Å²) in [5.41, 5.74) is 2.78. The molecule has 8 heteroatoms. The molecule has 0 N–H and O–H groups in total. The maximum Gasteiger partial charge on any atom is 0.252 e. The number of rotatable bonds is 2. The van der Waals surface area contributed by atoms with Gasteiger partial charge in [0, 0.05) is 44.1 Å². The van der Waals surface area contributed by atoms with Gasteiger partial charge in [0.2, 0.25) is 5.95 Å². The van der Waals surface area contributed by atoms with E-state index in [1.165, 1.54) is 0 Å². The highest BCUT2D eigenvalue weighted by Crippen LogP contribution is 2.22. The molecule has 1 aliphatic heterocycles. The van der Waals surface area contributed by atoms with Crippen LogP contribution in [-0.2, 0) is 0 Å². The van der Waals surface area contributed by atoms with Crippen molar-refractivity contribution < 1.29 is 0 Å². The molecule has 0 radical (unpaired) electrons. The molecule has 0 saturated carbocycles. The Morgan fingerprint density at radius 3 is 2.58 bits per heavy atom. The second-order valence-electron chi connectivity index (χ2n) is 6.16. The van der Waals surface area contributed by atoms with Gasteiger partial charge in [-0.3, -0.25) is 0 Å². The second-order valence-corrected chi connectivity index (χ2v) is 6.16. The van der Waals surface area contributed by atoms with Gasteiger partial charge in [0.1, 0.15) is 5.82 Å². The van der Waals surface area contributed by atoms with E-state index in [1.54, 1.807) is 4.52 Å². The van der Waals surface area contributed by atoms with Crippen LogP contribution >= 0.6 is 0 Å². The smallest absolute Gasteiger partial charge is 0.252 e. The van der Waals surface area contributed by atoms with Gasteiger partial charge in [-0.05, 0) is 27.0 Å². The summed E-state index contributed by atoms with van der Waals surface area (Å²) in [5, 5.41) is 4.40. The van der Waals surface area contributed by atoms with Crippen molar-refractivity contribution in [2.45, 2.75) is 13.8 Å². The highest BCUT2D eigenvalue weighted by molar-refractivity contribution is 5.63. The third kappa shape index (κ3) is 2.58. The van der Waals surface area contributed by atoms with Gasteiger partial charge in [-0.15, -0.1) is 0 Å². The summed E-state index contributed by atoms with van der Waals surface area (Å²) in [6.45, 7) is 7.81. The van der Waals surface area contributed by atoms with E-state index in [0.29, 0.717) is 11.6 Å². The minimum Gasteiger partial charge on any atom is -0.338 e. The zero-order chi connectivity index (χ0) is 16.7. The molecule has 1 saturated heterocycles. The number of likely N-dealkylation sites (N-methyl/N-ethyl adjacent to an activating group) is 1. The average Bonchev–Trinajstić information content (AvgIpc) is 2.97. The molecule has 3 aromatic rings. The Bertz CT molecular complexity index is 879. The Morgan fingerprint density at radius 1 is 1.00 bits per heavy atom. The number of anilines is 1. The molecule has 0 aromatic carbocycles. The summed E-state index contributed by atoms with van der Waals surface area (Å²) < 4.78 is 1.77. The molecule has 3 aromatic heterocycles. The Hall–Kier alpha value is -2.61. The van der Waals surface area contributed by atoms with Crippen LogP contribution in [-0.4, -0.2) is 67.7 Å². The molecule has 124 valence electrons. The van der Waals surface area contributed by atoms with Gasteiger partial charge in [0.05, 0.1) is 11.4 Å². The molecule has 8 nitrogen and oxygen atoms in total. The van der Waals surface area contributed by atoms with Crippen molar-refractivity contribution >= 4 is 11.7 Å². The van der Waals surface area contributed by atoms with E-state index in [4.69, 9.17) is 4.98 Å². The van der Waals surface area contributed by atoms with Gasteiger partial charge < -0.3 is 9.80 Å². The third-order valence-corrected chi connectivity index (χ3v) is 4.42. The summed E-state index contributed by atoms with van der Waals surface area (Å²) in [4.78, 5) is 22.5. The van der Waals surface area contributed by atoms with Crippen LogP contribution in [0, 0.1) is 13.8 Å². The number of nitrogens with zero attached hydrogens (tertiary/aromatic N) is 8. The van der Waals surface area contributed by atoms with Crippen LogP contribution in [0.3, 0.4) is 0 Å². The number of aryl methyl sites for hydroxylation is 2. The topological polar surface area (TPSA) is 75.3 Å². The summed E-state index contributed by atoms with van der Waals surface area (Å²) in [6, 6.07) is 1.92. The van der Waals surface area contributed by atoms with E-state index >= 15 is 0 Å². The van der Waals surface area contributed by atoms with E-state index in [9.17, 15) is 0 Å². The lowest BCUT2D eigenvalue weighted by Gasteiger charge is -2.32.